The highest BCUT2D eigenvalue weighted by molar-refractivity contribution is 14.2. The van der Waals surface area contributed by atoms with Crippen LogP contribution in [0.4, 0.5) is 13.2 Å². The summed E-state index contributed by atoms with van der Waals surface area (Å²) in [5, 5.41) is 11.1. The fourth-order valence-corrected chi connectivity index (χ4v) is 3.95. The third-order valence-corrected chi connectivity index (χ3v) is 10.4. The first-order valence-electron chi connectivity index (χ1n) is 5.17. The quantitative estimate of drug-likeness (QED) is 0.393. The van der Waals surface area contributed by atoms with Gasteiger partial charge >= 0.3 is 12.1 Å². The van der Waals surface area contributed by atoms with Gasteiger partial charge in [0, 0.05) is 24.7 Å². The van der Waals surface area contributed by atoms with Crippen LogP contribution in [-0.4, -0.2) is 35.9 Å². The Morgan fingerprint density at radius 2 is 2.21 bits per heavy atom. The molecule has 0 aromatic carbocycles. The van der Waals surface area contributed by atoms with Crippen molar-refractivity contribution >= 4 is 53.0 Å². The number of carbonyl (C=O) groups is 1. The number of amides is 1. The Balaban J connectivity index is 2.62. The predicted octanol–water partition coefficient (Wildman–Crippen LogP) is 2.03. The van der Waals surface area contributed by atoms with Gasteiger partial charge in [-0.15, -0.1) is 0 Å². The van der Waals surface area contributed by atoms with Gasteiger partial charge in [-0.1, -0.05) is 0 Å². The molecule has 0 bridgehead atoms. The topological polar surface area (TPSA) is 58.6 Å². The van der Waals surface area contributed by atoms with Crippen molar-refractivity contribution in [3.63, 3.8) is 0 Å². The maximum Gasteiger partial charge on any atom is 0.471 e. The molecule has 19 heavy (non-hydrogen) atoms. The summed E-state index contributed by atoms with van der Waals surface area (Å²) in [6.07, 6.45) is -4.81. The number of carbonyl (C=O) groups excluding carboxylic acids is 1. The van der Waals surface area contributed by atoms with Crippen LogP contribution >= 0.6 is 27.0 Å². The second-order valence-electron chi connectivity index (χ2n) is 4.00. The SMILES string of the molecule is O=C(N[C@@H]1C[C@H](CO)[C@@H](O[S-](=S)=PI)C1)C(F)(F)F. The average Bonchev–Trinajstić information content (AvgIpc) is 2.69. The Hall–Kier alpha value is 0.780. The molecule has 1 fully saturated rings. The molecular weight excluding hydrogens is 437 g/mol. The minimum absolute atomic E-state index is 0.201. The Kier molecular flexibility index (Phi) is 7.22. The molecule has 2 N–H and O–H groups in total. The van der Waals surface area contributed by atoms with Crippen LogP contribution in [0.1, 0.15) is 12.8 Å². The molecule has 0 saturated heterocycles. The first-order chi connectivity index (χ1) is 8.77. The van der Waals surface area contributed by atoms with Crippen LogP contribution in [0.25, 0.3) is 0 Å². The third-order valence-electron chi connectivity index (χ3n) is 2.72. The minimum Gasteiger partial charge on any atom is -0.468 e. The van der Waals surface area contributed by atoms with Gasteiger partial charge in [0.2, 0.25) is 0 Å². The number of alkyl halides is 3. The molecular formula is C8H11F3INO3PS2-. The van der Waals surface area contributed by atoms with E-state index in [1.54, 1.807) is 0 Å². The molecule has 0 spiro atoms. The van der Waals surface area contributed by atoms with Gasteiger partial charge in [0.15, 0.2) is 0 Å². The summed E-state index contributed by atoms with van der Waals surface area (Å²) in [6, 6.07) is -0.644. The summed E-state index contributed by atoms with van der Waals surface area (Å²) in [5.74, 6) is -2.26. The van der Waals surface area contributed by atoms with E-state index in [4.69, 9.17) is 15.4 Å². The van der Waals surface area contributed by atoms with Gasteiger partial charge in [-0.25, -0.2) is 11.2 Å². The fraction of sp³-hybridized carbons (Fsp3) is 0.875. The lowest BCUT2D eigenvalue weighted by molar-refractivity contribution is -0.174. The number of aliphatic hydroxyl groups excluding tert-OH is 1. The van der Waals surface area contributed by atoms with Crippen molar-refractivity contribution in [2.45, 2.75) is 31.2 Å². The Morgan fingerprint density at radius 3 is 2.68 bits per heavy atom. The monoisotopic (exact) mass is 448 g/mol. The highest BCUT2D eigenvalue weighted by Crippen LogP contribution is 2.30. The van der Waals surface area contributed by atoms with Crippen LogP contribution < -0.4 is 5.32 Å². The number of aliphatic hydroxyl groups is 1. The largest absolute Gasteiger partial charge is 0.471 e. The van der Waals surface area contributed by atoms with Crippen LogP contribution in [0.15, 0.2) is 0 Å². The molecule has 0 aromatic heterocycles. The van der Waals surface area contributed by atoms with Gasteiger partial charge in [0.1, 0.15) is 0 Å². The third kappa shape index (κ3) is 5.58. The summed E-state index contributed by atoms with van der Waals surface area (Å²) in [6.45, 7) is -0.201. The summed E-state index contributed by atoms with van der Waals surface area (Å²) in [7, 11) is -0.738. The van der Waals surface area contributed by atoms with Crippen molar-refractivity contribution in [2.24, 2.45) is 5.92 Å². The highest BCUT2D eigenvalue weighted by Gasteiger charge is 2.42. The van der Waals surface area contributed by atoms with Gasteiger partial charge < -0.3 is 14.6 Å². The van der Waals surface area contributed by atoms with Gasteiger partial charge in [-0.05, 0) is 34.9 Å². The lowest BCUT2D eigenvalue weighted by Crippen LogP contribution is -2.42. The Morgan fingerprint density at radius 1 is 1.58 bits per heavy atom. The van der Waals surface area contributed by atoms with Crippen molar-refractivity contribution in [3.8, 4) is 0 Å². The first kappa shape index (κ1) is 17.8. The van der Waals surface area contributed by atoms with E-state index >= 15 is 0 Å². The van der Waals surface area contributed by atoms with E-state index < -0.39 is 33.1 Å². The minimum atomic E-state index is -4.89. The molecule has 0 aromatic rings. The highest BCUT2D eigenvalue weighted by atomic mass is 127. The normalized spacial score (nSPS) is 29.4. The van der Waals surface area contributed by atoms with E-state index in [2.05, 4.69) is 0 Å². The average molecular weight is 448 g/mol. The fourth-order valence-electron chi connectivity index (χ4n) is 1.90. The molecule has 1 aliphatic rings. The van der Waals surface area contributed by atoms with E-state index in [1.165, 1.54) is 0 Å². The van der Waals surface area contributed by atoms with Crippen molar-refractivity contribution in [1.82, 2.24) is 5.32 Å². The molecule has 0 radical (unpaired) electrons. The summed E-state index contributed by atoms with van der Waals surface area (Å²) in [5.41, 5.74) is 0. The summed E-state index contributed by atoms with van der Waals surface area (Å²) in [4.78, 5) is 11.7. The summed E-state index contributed by atoms with van der Waals surface area (Å²) < 4.78 is 41.9. The summed E-state index contributed by atoms with van der Waals surface area (Å²) >= 11 is 7.03. The van der Waals surface area contributed by atoms with Crippen LogP contribution in [0.2, 0.25) is 0 Å². The zero-order chi connectivity index (χ0) is 14.6. The number of hydrogen-bond donors (Lipinski definition) is 2. The molecule has 1 saturated carbocycles. The first-order valence-corrected chi connectivity index (χ1v) is 11.5. The van der Waals surface area contributed by atoms with Crippen LogP contribution in [-0.2, 0) is 29.1 Å². The number of nitrogens with one attached hydrogen (secondary N) is 1. The van der Waals surface area contributed by atoms with Crippen LogP contribution in [0.3, 0.4) is 0 Å². The van der Waals surface area contributed by atoms with Crippen molar-refractivity contribution in [3.05, 3.63) is 0 Å². The number of hydrogen-bond acceptors (Lipinski definition) is 5. The molecule has 0 unspecified atom stereocenters. The maximum atomic E-state index is 12.1. The van der Waals surface area contributed by atoms with Crippen molar-refractivity contribution < 1.29 is 27.3 Å². The zero-order valence-corrected chi connectivity index (χ0v) is 14.1. The maximum absolute atomic E-state index is 12.1. The van der Waals surface area contributed by atoms with Crippen molar-refractivity contribution in [2.75, 3.05) is 6.61 Å². The molecule has 1 rings (SSSR count). The molecule has 4 nitrogen and oxygen atoms in total. The number of halogens is 4. The molecule has 0 aliphatic heterocycles. The molecule has 11 heteroatoms. The lowest BCUT2D eigenvalue weighted by atomic mass is 10.1. The number of rotatable bonds is 4. The van der Waals surface area contributed by atoms with E-state index in [0.29, 0.717) is 0 Å². The smallest absolute Gasteiger partial charge is 0.468 e. The van der Waals surface area contributed by atoms with Gasteiger partial charge in [-0.3, -0.25) is 13.7 Å². The Bertz CT molecular complexity index is 417. The molecule has 1 amide bonds. The molecule has 0 heterocycles. The lowest BCUT2D eigenvalue weighted by Gasteiger charge is -2.22. The zero-order valence-electron chi connectivity index (χ0n) is 9.39. The molecule has 3 atom stereocenters. The molecule has 1 aliphatic carbocycles. The van der Waals surface area contributed by atoms with Gasteiger partial charge in [-0.2, -0.15) is 18.2 Å². The van der Waals surface area contributed by atoms with Crippen molar-refractivity contribution in [1.29, 1.82) is 0 Å². The Labute approximate surface area is 129 Å². The second kappa shape index (κ2) is 7.69. The standard InChI is InChI=1S/C8H11F3INO3PS2/c9-8(10,11)7(15)13-5-1-4(3-14)6(2-5)16-19(18)17-12/h4-6,14H,1-3H2,(H,13,15)/q-1/t4-,5-,6+/m1/s1. The van der Waals surface area contributed by atoms with Crippen LogP contribution in [0.5, 0.6) is 0 Å². The van der Waals surface area contributed by atoms with E-state index in [0.717, 1.165) is 5.00 Å². The van der Waals surface area contributed by atoms with Gasteiger partial charge in [0.05, 0.1) is 0 Å². The van der Waals surface area contributed by atoms with Crippen LogP contribution in [0, 0.1) is 5.92 Å². The molecule has 112 valence electrons. The van der Waals surface area contributed by atoms with E-state index in [9.17, 15) is 23.1 Å². The van der Waals surface area contributed by atoms with Gasteiger partial charge in [0.25, 0.3) is 0 Å². The van der Waals surface area contributed by atoms with E-state index in [-0.39, 0.29) is 25.4 Å². The second-order valence-corrected chi connectivity index (χ2v) is 11.4. The van der Waals surface area contributed by atoms with E-state index in [1.807, 2.05) is 27.4 Å². The predicted molar refractivity (Wildman–Crippen MR) is 78.3 cm³/mol.